The number of anilines is 2. The SMILES string of the molecule is CC[C@H]1CN(c2ccnc(N)n2)CC[C@@]1(C)O. The lowest BCUT2D eigenvalue weighted by atomic mass is 9.81. The smallest absolute Gasteiger partial charge is 0.221 e. The van der Waals surface area contributed by atoms with Gasteiger partial charge in [0.05, 0.1) is 5.60 Å². The summed E-state index contributed by atoms with van der Waals surface area (Å²) in [5.41, 5.74) is 5.02. The molecule has 1 aliphatic rings. The summed E-state index contributed by atoms with van der Waals surface area (Å²) in [4.78, 5) is 10.3. The molecule has 0 aliphatic carbocycles. The summed E-state index contributed by atoms with van der Waals surface area (Å²) in [6.45, 7) is 5.66. The van der Waals surface area contributed by atoms with E-state index in [4.69, 9.17) is 5.73 Å². The number of nitrogen functional groups attached to an aromatic ring is 1. The third kappa shape index (κ3) is 2.49. The molecule has 17 heavy (non-hydrogen) atoms. The molecule has 0 bridgehead atoms. The molecule has 0 saturated carbocycles. The van der Waals surface area contributed by atoms with Gasteiger partial charge in [0.15, 0.2) is 0 Å². The largest absolute Gasteiger partial charge is 0.390 e. The first-order chi connectivity index (χ1) is 8.03. The highest BCUT2D eigenvalue weighted by Crippen LogP contribution is 2.31. The minimum Gasteiger partial charge on any atom is -0.390 e. The van der Waals surface area contributed by atoms with Crippen LogP contribution in [0.2, 0.25) is 0 Å². The first kappa shape index (κ1) is 12.1. The third-order valence-corrected chi connectivity index (χ3v) is 3.68. The predicted molar refractivity (Wildman–Crippen MR) is 67.7 cm³/mol. The average Bonchev–Trinajstić information content (AvgIpc) is 2.28. The molecule has 0 aromatic carbocycles. The maximum Gasteiger partial charge on any atom is 0.221 e. The second-order valence-electron chi connectivity index (χ2n) is 4.93. The van der Waals surface area contributed by atoms with E-state index in [1.807, 2.05) is 13.0 Å². The van der Waals surface area contributed by atoms with Gasteiger partial charge in [-0.15, -0.1) is 0 Å². The molecule has 0 unspecified atom stereocenters. The Hall–Kier alpha value is -1.36. The normalized spacial score (nSPS) is 29.4. The lowest BCUT2D eigenvalue weighted by molar-refractivity contribution is -0.0183. The van der Waals surface area contributed by atoms with E-state index in [1.54, 1.807) is 6.20 Å². The summed E-state index contributed by atoms with van der Waals surface area (Å²) in [6.07, 6.45) is 3.39. The molecule has 1 aliphatic heterocycles. The molecule has 1 saturated heterocycles. The Morgan fingerprint density at radius 3 is 3.06 bits per heavy atom. The van der Waals surface area contributed by atoms with Crippen molar-refractivity contribution in [2.45, 2.75) is 32.3 Å². The number of hydrogen-bond donors (Lipinski definition) is 2. The van der Waals surface area contributed by atoms with Gasteiger partial charge in [0.2, 0.25) is 5.95 Å². The van der Waals surface area contributed by atoms with Crippen molar-refractivity contribution >= 4 is 11.8 Å². The number of rotatable bonds is 2. The van der Waals surface area contributed by atoms with Gasteiger partial charge < -0.3 is 15.7 Å². The van der Waals surface area contributed by atoms with Crippen LogP contribution in [0.25, 0.3) is 0 Å². The van der Waals surface area contributed by atoms with Crippen LogP contribution in [0.4, 0.5) is 11.8 Å². The highest BCUT2D eigenvalue weighted by atomic mass is 16.3. The molecule has 5 heteroatoms. The molecule has 0 radical (unpaired) electrons. The molecule has 1 fully saturated rings. The fourth-order valence-electron chi connectivity index (χ4n) is 2.44. The molecule has 2 rings (SSSR count). The molecule has 94 valence electrons. The summed E-state index contributed by atoms with van der Waals surface area (Å²) >= 11 is 0. The van der Waals surface area contributed by atoms with Gasteiger partial charge in [-0.2, -0.15) is 4.98 Å². The summed E-state index contributed by atoms with van der Waals surface area (Å²) in [6, 6.07) is 1.86. The minimum absolute atomic E-state index is 0.271. The van der Waals surface area contributed by atoms with Crippen LogP contribution < -0.4 is 10.6 Å². The number of nitrogens with zero attached hydrogens (tertiary/aromatic N) is 3. The summed E-state index contributed by atoms with van der Waals surface area (Å²) in [5.74, 6) is 1.42. The monoisotopic (exact) mass is 236 g/mol. The Morgan fingerprint density at radius 1 is 1.65 bits per heavy atom. The summed E-state index contributed by atoms with van der Waals surface area (Å²) in [5, 5.41) is 10.3. The van der Waals surface area contributed by atoms with Crippen LogP contribution in [-0.2, 0) is 0 Å². The van der Waals surface area contributed by atoms with E-state index in [2.05, 4.69) is 21.8 Å². The van der Waals surface area contributed by atoms with Crippen LogP contribution >= 0.6 is 0 Å². The second-order valence-corrected chi connectivity index (χ2v) is 4.93. The lowest BCUT2D eigenvalue weighted by Crippen LogP contribution is -2.50. The Bertz CT molecular complexity index is 394. The number of piperidine rings is 1. The molecular weight excluding hydrogens is 216 g/mol. The Balaban J connectivity index is 2.15. The van der Waals surface area contributed by atoms with Gasteiger partial charge in [0.1, 0.15) is 5.82 Å². The zero-order valence-corrected chi connectivity index (χ0v) is 10.4. The van der Waals surface area contributed by atoms with Gasteiger partial charge in [0.25, 0.3) is 0 Å². The molecule has 0 spiro atoms. The van der Waals surface area contributed by atoms with E-state index in [-0.39, 0.29) is 5.92 Å². The maximum absolute atomic E-state index is 10.3. The average molecular weight is 236 g/mol. The molecule has 1 aromatic rings. The quantitative estimate of drug-likeness (QED) is 0.802. The zero-order chi connectivity index (χ0) is 12.5. The van der Waals surface area contributed by atoms with Gasteiger partial charge in [-0.25, -0.2) is 4.98 Å². The topological polar surface area (TPSA) is 75.3 Å². The fourth-order valence-corrected chi connectivity index (χ4v) is 2.44. The molecule has 2 atom stereocenters. The van der Waals surface area contributed by atoms with Crippen LogP contribution in [0, 0.1) is 5.92 Å². The Morgan fingerprint density at radius 2 is 2.41 bits per heavy atom. The van der Waals surface area contributed by atoms with Gasteiger partial charge >= 0.3 is 0 Å². The van der Waals surface area contributed by atoms with E-state index < -0.39 is 5.60 Å². The van der Waals surface area contributed by atoms with Crippen molar-refractivity contribution in [1.29, 1.82) is 0 Å². The number of nitrogens with two attached hydrogens (primary N) is 1. The number of aromatic nitrogens is 2. The Kier molecular flexibility index (Phi) is 3.19. The van der Waals surface area contributed by atoms with Crippen molar-refractivity contribution in [2.75, 3.05) is 23.7 Å². The molecular formula is C12H20N4O. The van der Waals surface area contributed by atoms with Crippen LogP contribution in [0.15, 0.2) is 12.3 Å². The zero-order valence-electron chi connectivity index (χ0n) is 10.4. The highest BCUT2D eigenvalue weighted by molar-refractivity contribution is 5.41. The Labute approximate surface area is 102 Å². The van der Waals surface area contributed by atoms with Crippen molar-refractivity contribution in [2.24, 2.45) is 5.92 Å². The van der Waals surface area contributed by atoms with Crippen molar-refractivity contribution in [3.05, 3.63) is 12.3 Å². The third-order valence-electron chi connectivity index (χ3n) is 3.68. The molecule has 5 nitrogen and oxygen atoms in total. The van der Waals surface area contributed by atoms with Crippen molar-refractivity contribution in [1.82, 2.24) is 9.97 Å². The van der Waals surface area contributed by atoms with Gasteiger partial charge in [-0.1, -0.05) is 6.92 Å². The van der Waals surface area contributed by atoms with E-state index >= 15 is 0 Å². The molecule has 1 aromatic heterocycles. The van der Waals surface area contributed by atoms with E-state index in [9.17, 15) is 5.11 Å². The van der Waals surface area contributed by atoms with Crippen LogP contribution in [0.1, 0.15) is 26.7 Å². The minimum atomic E-state index is -0.566. The van der Waals surface area contributed by atoms with E-state index in [0.29, 0.717) is 5.95 Å². The number of aliphatic hydroxyl groups is 1. The van der Waals surface area contributed by atoms with Crippen molar-refractivity contribution < 1.29 is 5.11 Å². The second kappa shape index (κ2) is 4.49. The van der Waals surface area contributed by atoms with Crippen LogP contribution in [-0.4, -0.2) is 33.8 Å². The van der Waals surface area contributed by atoms with Crippen molar-refractivity contribution in [3.8, 4) is 0 Å². The van der Waals surface area contributed by atoms with Crippen LogP contribution in [0.5, 0.6) is 0 Å². The fraction of sp³-hybridized carbons (Fsp3) is 0.667. The molecule has 3 N–H and O–H groups in total. The van der Waals surface area contributed by atoms with E-state index in [0.717, 1.165) is 31.7 Å². The maximum atomic E-state index is 10.3. The first-order valence-corrected chi connectivity index (χ1v) is 6.09. The molecule has 2 heterocycles. The lowest BCUT2D eigenvalue weighted by Gasteiger charge is -2.42. The van der Waals surface area contributed by atoms with Gasteiger partial charge in [-0.05, 0) is 25.8 Å². The highest BCUT2D eigenvalue weighted by Gasteiger charge is 2.36. The van der Waals surface area contributed by atoms with Gasteiger partial charge in [-0.3, -0.25) is 0 Å². The number of hydrogen-bond acceptors (Lipinski definition) is 5. The first-order valence-electron chi connectivity index (χ1n) is 6.09. The van der Waals surface area contributed by atoms with Crippen molar-refractivity contribution in [3.63, 3.8) is 0 Å². The predicted octanol–water partition coefficient (Wildman–Crippen LogP) is 1.05. The van der Waals surface area contributed by atoms with Gasteiger partial charge in [0, 0.05) is 25.2 Å². The summed E-state index contributed by atoms with van der Waals surface area (Å²) < 4.78 is 0. The standard InChI is InChI=1S/C12H20N4O/c1-3-9-8-16(7-5-12(9,2)17)10-4-6-14-11(13)15-10/h4,6,9,17H,3,5,7-8H2,1-2H3,(H2,13,14,15)/t9-,12+/m0/s1. The summed E-state index contributed by atoms with van der Waals surface area (Å²) in [7, 11) is 0. The van der Waals surface area contributed by atoms with Crippen LogP contribution in [0.3, 0.4) is 0 Å². The van der Waals surface area contributed by atoms with E-state index in [1.165, 1.54) is 0 Å². The molecule has 0 amide bonds.